The summed E-state index contributed by atoms with van der Waals surface area (Å²) in [4.78, 5) is 8.49. The predicted octanol–water partition coefficient (Wildman–Crippen LogP) is 6.37. The van der Waals surface area contributed by atoms with Gasteiger partial charge in [-0.05, 0) is 24.7 Å². The zero-order valence-electron chi connectivity index (χ0n) is 15.0. The highest BCUT2D eigenvalue weighted by molar-refractivity contribution is 5.40. The summed E-state index contributed by atoms with van der Waals surface area (Å²) < 4.78 is 0. The zero-order chi connectivity index (χ0) is 15.8. The summed E-state index contributed by atoms with van der Waals surface area (Å²) in [5, 5.41) is 0. The summed E-state index contributed by atoms with van der Waals surface area (Å²) in [7, 11) is 0. The molecule has 0 rings (SSSR count). The van der Waals surface area contributed by atoms with Crippen LogP contribution in [0.5, 0.6) is 0 Å². The molecule has 0 unspecified atom stereocenters. The van der Waals surface area contributed by atoms with Crippen LogP contribution in [0.4, 0.5) is 0 Å². The van der Waals surface area contributed by atoms with Gasteiger partial charge in [0.1, 0.15) is 0 Å². The number of aliphatic imine (C=N–C) groups is 2. The second-order valence-electron chi connectivity index (χ2n) is 7.06. The van der Waals surface area contributed by atoms with Crippen LogP contribution in [0.2, 0.25) is 0 Å². The minimum Gasteiger partial charge on any atom is -0.226 e. The largest absolute Gasteiger partial charge is 0.226 e. The lowest BCUT2D eigenvalue weighted by molar-refractivity contribution is 0.521. The molecule has 0 N–H and O–H groups in total. The number of rotatable bonds is 14. The van der Waals surface area contributed by atoms with Crippen LogP contribution in [0.15, 0.2) is 9.98 Å². The molecular formula is C19H38N2. The Labute approximate surface area is 133 Å². The van der Waals surface area contributed by atoms with E-state index in [1.54, 1.807) is 0 Å². The fraction of sp³-hybridized carbons (Fsp3) is 0.947. The van der Waals surface area contributed by atoms with Crippen molar-refractivity contribution < 1.29 is 0 Å². The molecule has 0 amide bonds. The molecule has 0 aliphatic rings. The van der Waals surface area contributed by atoms with Crippen molar-refractivity contribution >= 4 is 6.01 Å². The molecule has 0 radical (unpaired) electrons. The van der Waals surface area contributed by atoms with E-state index in [0.29, 0.717) is 0 Å². The van der Waals surface area contributed by atoms with E-state index < -0.39 is 0 Å². The molecule has 0 bridgehead atoms. The van der Waals surface area contributed by atoms with Gasteiger partial charge in [-0.2, -0.15) is 0 Å². The Bertz CT molecular complexity index is 239. The molecule has 2 heteroatoms. The van der Waals surface area contributed by atoms with E-state index in [2.05, 4.69) is 43.7 Å². The molecule has 0 aliphatic carbocycles. The van der Waals surface area contributed by atoms with Crippen LogP contribution in [0.3, 0.4) is 0 Å². The van der Waals surface area contributed by atoms with Gasteiger partial charge in [0, 0.05) is 13.1 Å². The maximum absolute atomic E-state index is 4.24. The van der Waals surface area contributed by atoms with Gasteiger partial charge in [-0.15, -0.1) is 0 Å². The summed E-state index contributed by atoms with van der Waals surface area (Å²) in [5.74, 6) is 1.70. The van der Waals surface area contributed by atoms with Crippen LogP contribution in [-0.4, -0.2) is 19.1 Å². The highest BCUT2D eigenvalue weighted by atomic mass is 14.8. The second-order valence-corrected chi connectivity index (χ2v) is 7.06. The van der Waals surface area contributed by atoms with Crippen molar-refractivity contribution in [2.24, 2.45) is 21.8 Å². The molecule has 0 fully saturated rings. The molecule has 0 aromatic carbocycles. The lowest BCUT2D eigenvalue weighted by Crippen LogP contribution is -1.88. The van der Waals surface area contributed by atoms with Gasteiger partial charge >= 0.3 is 0 Å². The van der Waals surface area contributed by atoms with E-state index in [4.69, 9.17) is 0 Å². The van der Waals surface area contributed by atoms with E-state index in [1.165, 1.54) is 64.2 Å². The lowest BCUT2D eigenvalue weighted by Gasteiger charge is -2.02. The Balaban J connectivity index is 3.22. The minimum atomic E-state index is 0.848. The number of hydrogen-bond acceptors (Lipinski definition) is 2. The van der Waals surface area contributed by atoms with Crippen LogP contribution >= 0.6 is 0 Å². The fourth-order valence-electron chi connectivity index (χ4n) is 2.34. The standard InChI is InChI=1S/C19H38N2/c1-18(2)13-9-5-7-11-15-20-17-21-16-12-8-6-10-14-19(3)4/h18-19H,5-16H2,1-4H3. The number of hydrogen-bond donors (Lipinski definition) is 0. The van der Waals surface area contributed by atoms with E-state index in [9.17, 15) is 0 Å². The summed E-state index contributed by atoms with van der Waals surface area (Å²) in [6.07, 6.45) is 13.1. The predicted molar refractivity (Wildman–Crippen MR) is 95.4 cm³/mol. The summed E-state index contributed by atoms with van der Waals surface area (Å²) in [6, 6.07) is 2.85. The molecule has 124 valence electrons. The monoisotopic (exact) mass is 294 g/mol. The van der Waals surface area contributed by atoms with Gasteiger partial charge in [-0.1, -0.05) is 79.1 Å². The summed E-state index contributed by atoms with van der Waals surface area (Å²) >= 11 is 0. The van der Waals surface area contributed by atoms with Crippen LogP contribution in [0.1, 0.15) is 91.9 Å². The third kappa shape index (κ3) is 19.4. The van der Waals surface area contributed by atoms with Gasteiger partial charge in [0.2, 0.25) is 0 Å². The first-order valence-corrected chi connectivity index (χ1v) is 9.21. The topological polar surface area (TPSA) is 24.7 Å². The van der Waals surface area contributed by atoms with Crippen molar-refractivity contribution in [2.45, 2.75) is 91.9 Å². The quantitative estimate of drug-likeness (QED) is 0.262. The Hall–Kier alpha value is -0.620. The van der Waals surface area contributed by atoms with Gasteiger partial charge < -0.3 is 0 Å². The van der Waals surface area contributed by atoms with Gasteiger partial charge in [-0.25, -0.2) is 9.98 Å². The highest BCUT2D eigenvalue weighted by Gasteiger charge is 1.94. The van der Waals surface area contributed by atoms with Crippen molar-refractivity contribution in [1.29, 1.82) is 0 Å². The van der Waals surface area contributed by atoms with E-state index in [1.807, 2.05) is 0 Å². The van der Waals surface area contributed by atoms with Crippen LogP contribution in [0.25, 0.3) is 0 Å². The van der Waals surface area contributed by atoms with Crippen molar-refractivity contribution in [2.75, 3.05) is 13.1 Å². The van der Waals surface area contributed by atoms with E-state index >= 15 is 0 Å². The molecular weight excluding hydrogens is 256 g/mol. The van der Waals surface area contributed by atoms with Crippen LogP contribution in [0, 0.1) is 11.8 Å². The van der Waals surface area contributed by atoms with Crippen LogP contribution in [-0.2, 0) is 0 Å². The van der Waals surface area contributed by atoms with Crippen molar-refractivity contribution in [3.8, 4) is 0 Å². The van der Waals surface area contributed by atoms with Crippen molar-refractivity contribution in [3.63, 3.8) is 0 Å². The van der Waals surface area contributed by atoms with E-state index in [-0.39, 0.29) is 0 Å². The highest BCUT2D eigenvalue weighted by Crippen LogP contribution is 2.10. The zero-order valence-corrected chi connectivity index (χ0v) is 15.0. The second kappa shape index (κ2) is 15.8. The van der Waals surface area contributed by atoms with Crippen molar-refractivity contribution in [3.05, 3.63) is 0 Å². The van der Waals surface area contributed by atoms with Gasteiger partial charge in [0.15, 0.2) is 0 Å². The van der Waals surface area contributed by atoms with Gasteiger partial charge in [0.05, 0.1) is 6.01 Å². The molecule has 0 spiro atoms. The lowest BCUT2D eigenvalue weighted by atomic mass is 10.0. The normalized spacial score (nSPS) is 11.0. The molecule has 0 heterocycles. The fourth-order valence-corrected chi connectivity index (χ4v) is 2.34. The molecule has 0 aliphatic heterocycles. The SMILES string of the molecule is CC(C)CCCCCCN=C=NCCCCCCC(C)C. The van der Waals surface area contributed by atoms with Crippen molar-refractivity contribution in [1.82, 2.24) is 0 Å². The van der Waals surface area contributed by atoms with Gasteiger partial charge in [0.25, 0.3) is 0 Å². The Morgan fingerprint density at radius 2 is 0.952 bits per heavy atom. The molecule has 21 heavy (non-hydrogen) atoms. The third-order valence-corrected chi connectivity index (χ3v) is 3.74. The Morgan fingerprint density at radius 3 is 1.33 bits per heavy atom. The molecule has 0 aromatic rings. The smallest absolute Gasteiger partial charge is 0.0892 e. The maximum atomic E-state index is 4.24. The molecule has 2 nitrogen and oxygen atoms in total. The van der Waals surface area contributed by atoms with Crippen LogP contribution < -0.4 is 0 Å². The average Bonchev–Trinajstić information content (AvgIpc) is 2.42. The first kappa shape index (κ1) is 20.4. The first-order chi connectivity index (χ1) is 10.1. The maximum Gasteiger partial charge on any atom is 0.0892 e. The summed E-state index contributed by atoms with van der Waals surface area (Å²) in [6.45, 7) is 11.0. The minimum absolute atomic E-state index is 0.848. The molecule has 0 aromatic heterocycles. The average molecular weight is 295 g/mol. The molecule has 0 saturated heterocycles. The number of nitrogens with zero attached hydrogens (tertiary/aromatic N) is 2. The van der Waals surface area contributed by atoms with E-state index in [0.717, 1.165) is 24.9 Å². The van der Waals surface area contributed by atoms with Gasteiger partial charge in [-0.3, -0.25) is 0 Å². The summed E-state index contributed by atoms with van der Waals surface area (Å²) in [5.41, 5.74) is 0. The molecule has 0 atom stereocenters. The molecule has 0 saturated carbocycles. The Kier molecular flexibility index (Phi) is 15.3. The third-order valence-electron chi connectivity index (χ3n) is 3.74. The Morgan fingerprint density at radius 1 is 0.571 bits per heavy atom. The number of unbranched alkanes of at least 4 members (excludes halogenated alkanes) is 6. The first-order valence-electron chi connectivity index (χ1n) is 9.21.